The van der Waals surface area contributed by atoms with Crippen molar-refractivity contribution in [2.24, 2.45) is 5.92 Å². The summed E-state index contributed by atoms with van der Waals surface area (Å²) in [6.45, 7) is 6.25. The van der Waals surface area contributed by atoms with Crippen molar-refractivity contribution >= 4 is 17.6 Å². The molecular weight excluding hydrogens is 374 g/mol. The van der Waals surface area contributed by atoms with Gasteiger partial charge >= 0.3 is 6.03 Å². The van der Waals surface area contributed by atoms with Gasteiger partial charge in [-0.15, -0.1) is 0 Å². The molecule has 1 saturated heterocycles. The summed E-state index contributed by atoms with van der Waals surface area (Å²) in [6.07, 6.45) is 4.43. The third-order valence-corrected chi connectivity index (χ3v) is 5.71. The number of piperidine rings is 1. The smallest absolute Gasteiger partial charge is 0.319 e. The van der Waals surface area contributed by atoms with Crippen LogP contribution < -0.4 is 10.6 Å². The molecule has 5 heteroatoms. The monoisotopic (exact) mass is 407 g/mol. The number of carbonyl (C=O) groups excluding carboxylic acids is 2. The number of hydrogen-bond acceptors (Lipinski definition) is 2. The molecule has 0 spiro atoms. The molecule has 1 fully saturated rings. The molecule has 1 heterocycles. The van der Waals surface area contributed by atoms with Gasteiger partial charge in [0.05, 0.1) is 0 Å². The van der Waals surface area contributed by atoms with Crippen LogP contribution in [0, 0.1) is 19.8 Å². The summed E-state index contributed by atoms with van der Waals surface area (Å²) in [5, 5.41) is 5.82. The zero-order chi connectivity index (χ0) is 21.3. The third kappa shape index (κ3) is 6.90. The van der Waals surface area contributed by atoms with Gasteiger partial charge in [0, 0.05) is 31.7 Å². The van der Waals surface area contributed by atoms with E-state index < -0.39 is 0 Å². The van der Waals surface area contributed by atoms with Gasteiger partial charge in [0.15, 0.2) is 0 Å². The molecule has 3 amide bonds. The van der Waals surface area contributed by atoms with Gasteiger partial charge in [0.25, 0.3) is 0 Å². The van der Waals surface area contributed by atoms with E-state index in [2.05, 4.69) is 41.8 Å². The molecular formula is C25H33N3O2. The fourth-order valence-electron chi connectivity index (χ4n) is 3.86. The molecule has 1 unspecified atom stereocenters. The predicted molar refractivity (Wildman–Crippen MR) is 122 cm³/mol. The van der Waals surface area contributed by atoms with Crippen LogP contribution in [0.15, 0.2) is 48.5 Å². The Bertz CT molecular complexity index is 830. The molecule has 2 aromatic carbocycles. The van der Waals surface area contributed by atoms with Crippen LogP contribution in [-0.4, -0.2) is 36.5 Å². The van der Waals surface area contributed by atoms with Gasteiger partial charge in [-0.25, -0.2) is 4.79 Å². The maximum atomic E-state index is 12.6. The number of nitrogens with one attached hydrogen (secondary N) is 2. The number of benzene rings is 2. The number of nitrogens with zero attached hydrogens (tertiary/aromatic N) is 1. The minimum Gasteiger partial charge on any atom is -0.342 e. The average molecular weight is 408 g/mol. The lowest BCUT2D eigenvalue weighted by Gasteiger charge is -2.33. The highest BCUT2D eigenvalue weighted by Gasteiger charge is 2.23. The standard InChI is InChI=1S/C25H33N3O2/c1-19-8-12-21(13-9-19)5-3-7-24(29)28-16-4-6-22(18-28)17-26-25(30)27-23-14-10-20(2)11-15-23/h8-15,22H,3-7,16-18H2,1-2H3,(H2,26,27,30). The number of carbonyl (C=O) groups is 2. The molecule has 0 saturated carbocycles. The summed E-state index contributed by atoms with van der Waals surface area (Å²) in [4.78, 5) is 26.7. The first-order valence-electron chi connectivity index (χ1n) is 10.9. The van der Waals surface area contributed by atoms with E-state index in [1.54, 1.807) is 0 Å². The molecule has 0 aromatic heterocycles. The minimum absolute atomic E-state index is 0.194. The maximum absolute atomic E-state index is 12.6. The fourth-order valence-corrected chi connectivity index (χ4v) is 3.86. The molecule has 0 bridgehead atoms. The Morgan fingerprint density at radius 2 is 1.67 bits per heavy atom. The van der Waals surface area contributed by atoms with Crippen molar-refractivity contribution in [1.82, 2.24) is 10.2 Å². The number of amides is 3. The highest BCUT2D eigenvalue weighted by Crippen LogP contribution is 2.18. The van der Waals surface area contributed by atoms with E-state index in [4.69, 9.17) is 0 Å². The molecule has 1 aliphatic rings. The lowest BCUT2D eigenvalue weighted by Crippen LogP contribution is -2.44. The molecule has 5 nitrogen and oxygen atoms in total. The zero-order valence-electron chi connectivity index (χ0n) is 18.1. The number of aryl methyl sites for hydroxylation is 3. The van der Waals surface area contributed by atoms with Crippen LogP contribution in [-0.2, 0) is 11.2 Å². The molecule has 3 rings (SSSR count). The van der Waals surface area contributed by atoms with Crippen LogP contribution in [0.25, 0.3) is 0 Å². The van der Waals surface area contributed by atoms with Crippen LogP contribution in [0.1, 0.15) is 42.4 Å². The first-order chi connectivity index (χ1) is 14.5. The molecule has 160 valence electrons. The van der Waals surface area contributed by atoms with E-state index in [1.165, 1.54) is 11.1 Å². The Kier molecular flexibility index (Phi) is 7.89. The second-order valence-electron chi connectivity index (χ2n) is 8.39. The largest absolute Gasteiger partial charge is 0.342 e. The van der Waals surface area contributed by atoms with E-state index in [0.29, 0.717) is 18.9 Å². The minimum atomic E-state index is -0.194. The summed E-state index contributed by atoms with van der Waals surface area (Å²) in [5.41, 5.74) is 4.49. The van der Waals surface area contributed by atoms with Crippen molar-refractivity contribution in [2.75, 3.05) is 25.0 Å². The van der Waals surface area contributed by atoms with Crippen molar-refractivity contribution in [3.05, 3.63) is 65.2 Å². The van der Waals surface area contributed by atoms with Gasteiger partial charge in [-0.1, -0.05) is 47.5 Å². The number of anilines is 1. The van der Waals surface area contributed by atoms with E-state index in [9.17, 15) is 9.59 Å². The van der Waals surface area contributed by atoms with Crippen molar-refractivity contribution in [3.8, 4) is 0 Å². The number of rotatable bonds is 7. The summed E-state index contributed by atoms with van der Waals surface area (Å²) in [7, 11) is 0. The molecule has 1 aliphatic heterocycles. The van der Waals surface area contributed by atoms with Gasteiger partial charge in [0.2, 0.25) is 5.91 Å². The summed E-state index contributed by atoms with van der Waals surface area (Å²) < 4.78 is 0. The highest BCUT2D eigenvalue weighted by atomic mass is 16.2. The van der Waals surface area contributed by atoms with Gasteiger partial charge in [-0.2, -0.15) is 0 Å². The SMILES string of the molecule is Cc1ccc(CCCC(=O)N2CCCC(CNC(=O)Nc3ccc(C)cc3)C2)cc1. The topological polar surface area (TPSA) is 61.4 Å². The first-order valence-corrected chi connectivity index (χ1v) is 10.9. The number of hydrogen-bond donors (Lipinski definition) is 2. The quantitative estimate of drug-likeness (QED) is 0.700. The van der Waals surface area contributed by atoms with Crippen LogP contribution in [0.4, 0.5) is 10.5 Å². The fraction of sp³-hybridized carbons (Fsp3) is 0.440. The van der Waals surface area contributed by atoms with E-state index >= 15 is 0 Å². The van der Waals surface area contributed by atoms with E-state index in [1.807, 2.05) is 36.1 Å². The molecule has 2 aromatic rings. The van der Waals surface area contributed by atoms with E-state index in [0.717, 1.165) is 50.0 Å². The Morgan fingerprint density at radius 1 is 1.00 bits per heavy atom. The number of likely N-dealkylation sites (tertiary alicyclic amines) is 1. The summed E-state index contributed by atoms with van der Waals surface area (Å²) >= 11 is 0. The Balaban J connectivity index is 1.37. The second-order valence-corrected chi connectivity index (χ2v) is 8.39. The summed E-state index contributed by atoms with van der Waals surface area (Å²) in [6, 6.07) is 16.1. The van der Waals surface area contributed by atoms with Crippen LogP contribution in [0.5, 0.6) is 0 Å². The van der Waals surface area contributed by atoms with E-state index in [-0.39, 0.29) is 11.9 Å². The third-order valence-electron chi connectivity index (χ3n) is 5.71. The first kappa shape index (κ1) is 21.9. The Labute approximate surface area is 179 Å². The molecule has 0 aliphatic carbocycles. The van der Waals surface area contributed by atoms with Gasteiger partial charge in [0.1, 0.15) is 0 Å². The van der Waals surface area contributed by atoms with Crippen LogP contribution in [0.2, 0.25) is 0 Å². The van der Waals surface area contributed by atoms with Crippen molar-refractivity contribution < 1.29 is 9.59 Å². The van der Waals surface area contributed by atoms with Crippen LogP contribution in [0.3, 0.4) is 0 Å². The zero-order valence-corrected chi connectivity index (χ0v) is 18.1. The van der Waals surface area contributed by atoms with Gasteiger partial charge in [-0.3, -0.25) is 4.79 Å². The Hall–Kier alpha value is -2.82. The Morgan fingerprint density at radius 3 is 2.37 bits per heavy atom. The van der Waals surface area contributed by atoms with Crippen molar-refractivity contribution in [3.63, 3.8) is 0 Å². The lowest BCUT2D eigenvalue weighted by atomic mass is 9.97. The van der Waals surface area contributed by atoms with Crippen molar-refractivity contribution in [1.29, 1.82) is 0 Å². The maximum Gasteiger partial charge on any atom is 0.319 e. The molecule has 2 N–H and O–H groups in total. The molecule has 0 radical (unpaired) electrons. The van der Waals surface area contributed by atoms with Gasteiger partial charge in [-0.05, 0) is 63.1 Å². The summed E-state index contributed by atoms with van der Waals surface area (Å²) in [5.74, 6) is 0.541. The predicted octanol–water partition coefficient (Wildman–Crippen LogP) is 4.69. The molecule has 30 heavy (non-hydrogen) atoms. The van der Waals surface area contributed by atoms with Gasteiger partial charge < -0.3 is 15.5 Å². The average Bonchev–Trinajstić information content (AvgIpc) is 2.75. The second kappa shape index (κ2) is 10.8. The van der Waals surface area contributed by atoms with Crippen LogP contribution >= 0.6 is 0 Å². The number of urea groups is 1. The highest BCUT2D eigenvalue weighted by molar-refractivity contribution is 5.89. The lowest BCUT2D eigenvalue weighted by molar-refractivity contribution is -0.133. The normalized spacial score (nSPS) is 16.2. The molecule has 1 atom stereocenters. The van der Waals surface area contributed by atoms with Crippen molar-refractivity contribution in [2.45, 2.75) is 46.0 Å².